The maximum absolute atomic E-state index is 5.80. The Kier molecular flexibility index (Phi) is 2.54. The zero-order chi connectivity index (χ0) is 8.27. The first-order valence-electron chi connectivity index (χ1n) is 3.76. The van der Waals surface area contributed by atoms with Gasteiger partial charge in [-0.1, -0.05) is 6.92 Å². The molecule has 3 heteroatoms. The molecule has 3 nitrogen and oxygen atoms in total. The Bertz CT molecular complexity index is 220. The first-order chi connectivity index (χ1) is 5.29. The smallest absolute Gasteiger partial charge is 0.141 e. The average molecular weight is 154 g/mol. The fourth-order valence-corrected chi connectivity index (χ4v) is 1.04. The van der Waals surface area contributed by atoms with Gasteiger partial charge in [0.05, 0.1) is 12.8 Å². The molecule has 0 aliphatic rings. The molecule has 1 heterocycles. The van der Waals surface area contributed by atoms with Crippen LogP contribution in [0.15, 0.2) is 12.3 Å². The van der Waals surface area contributed by atoms with Gasteiger partial charge < -0.3 is 15.5 Å². The Labute approximate surface area is 66.6 Å². The van der Waals surface area contributed by atoms with Crippen LogP contribution in [0.1, 0.15) is 25.1 Å². The number of nitrogens with one attached hydrogen (secondary N) is 1. The van der Waals surface area contributed by atoms with Gasteiger partial charge in [0, 0.05) is 12.2 Å². The van der Waals surface area contributed by atoms with E-state index in [0.29, 0.717) is 0 Å². The summed E-state index contributed by atoms with van der Waals surface area (Å²) in [5.41, 5.74) is 6.79. The number of hydrogen-bond donors (Lipinski definition) is 2. The van der Waals surface area contributed by atoms with Crippen LogP contribution in [-0.4, -0.2) is 12.1 Å². The van der Waals surface area contributed by atoms with Crippen LogP contribution in [0, 0.1) is 0 Å². The van der Waals surface area contributed by atoms with Gasteiger partial charge in [-0.3, -0.25) is 0 Å². The topological polar surface area (TPSA) is 51.0 Å². The van der Waals surface area contributed by atoms with Crippen LogP contribution in [0.5, 0.6) is 5.75 Å². The molecular weight excluding hydrogens is 140 g/mol. The molecule has 0 saturated heterocycles. The molecule has 3 N–H and O–H groups in total. The van der Waals surface area contributed by atoms with Gasteiger partial charge in [0.2, 0.25) is 0 Å². The van der Waals surface area contributed by atoms with Crippen molar-refractivity contribution in [3.8, 4) is 5.75 Å². The molecule has 0 fully saturated rings. The SMILES string of the molecule is CC[C@H](N)c1[nH]ccc1OC. The minimum atomic E-state index is 0.0555. The summed E-state index contributed by atoms with van der Waals surface area (Å²) in [4.78, 5) is 3.06. The Balaban J connectivity index is 2.83. The number of rotatable bonds is 3. The molecule has 0 aliphatic carbocycles. The molecule has 0 saturated carbocycles. The maximum atomic E-state index is 5.80. The van der Waals surface area contributed by atoms with Gasteiger partial charge in [-0.25, -0.2) is 0 Å². The number of methoxy groups -OCH3 is 1. The summed E-state index contributed by atoms with van der Waals surface area (Å²) in [5, 5.41) is 0. The van der Waals surface area contributed by atoms with Gasteiger partial charge in [-0.05, 0) is 12.5 Å². The summed E-state index contributed by atoms with van der Waals surface area (Å²) < 4.78 is 5.10. The van der Waals surface area contributed by atoms with Gasteiger partial charge >= 0.3 is 0 Å². The normalized spacial score (nSPS) is 13.0. The highest BCUT2D eigenvalue weighted by Crippen LogP contribution is 2.23. The summed E-state index contributed by atoms with van der Waals surface area (Å²) in [6, 6.07) is 1.94. The third kappa shape index (κ3) is 1.54. The highest BCUT2D eigenvalue weighted by molar-refractivity contribution is 5.29. The Morgan fingerprint density at radius 3 is 3.00 bits per heavy atom. The molecule has 62 valence electrons. The summed E-state index contributed by atoms with van der Waals surface area (Å²) in [7, 11) is 1.65. The van der Waals surface area contributed by atoms with Gasteiger partial charge in [0.1, 0.15) is 5.75 Å². The highest BCUT2D eigenvalue weighted by atomic mass is 16.5. The fraction of sp³-hybridized carbons (Fsp3) is 0.500. The second kappa shape index (κ2) is 3.44. The number of nitrogens with two attached hydrogens (primary N) is 1. The molecule has 0 spiro atoms. The van der Waals surface area contributed by atoms with Crippen LogP contribution in [0.2, 0.25) is 0 Å². The van der Waals surface area contributed by atoms with E-state index in [1.54, 1.807) is 7.11 Å². The molecule has 0 amide bonds. The molecule has 0 radical (unpaired) electrons. The van der Waals surface area contributed by atoms with Crippen molar-refractivity contribution in [2.75, 3.05) is 7.11 Å². The third-order valence-corrected chi connectivity index (χ3v) is 1.77. The fourth-order valence-electron chi connectivity index (χ4n) is 1.04. The second-order valence-corrected chi connectivity index (χ2v) is 2.47. The van der Waals surface area contributed by atoms with E-state index >= 15 is 0 Å². The number of aromatic amines is 1. The molecule has 0 unspecified atom stereocenters. The molecule has 0 aliphatic heterocycles. The first-order valence-corrected chi connectivity index (χ1v) is 3.76. The van der Waals surface area contributed by atoms with Crippen molar-refractivity contribution in [1.29, 1.82) is 0 Å². The van der Waals surface area contributed by atoms with E-state index in [-0.39, 0.29) is 6.04 Å². The predicted octanol–water partition coefficient (Wildman–Crippen LogP) is 1.43. The van der Waals surface area contributed by atoms with Crippen molar-refractivity contribution in [2.45, 2.75) is 19.4 Å². The quantitative estimate of drug-likeness (QED) is 0.692. The van der Waals surface area contributed by atoms with E-state index in [1.165, 1.54) is 0 Å². The van der Waals surface area contributed by atoms with E-state index in [2.05, 4.69) is 4.98 Å². The van der Waals surface area contributed by atoms with Gasteiger partial charge in [-0.15, -0.1) is 0 Å². The minimum Gasteiger partial charge on any atom is -0.495 e. The van der Waals surface area contributed by atoms with Gasteiger partial charge in [0.15, 0.2) is 0 Å². The molecule has 1 aromatic heterocycles. The molecule has 1 aromatic rings. The molecule has 0 aromatic carbocycles. The van der Waals surface area contributed by atoms with Crippen molar-refractivity contribution in [3.05, 3.63) is 18.0 Å². The van der Waals surface area contributed by atoms with Crippen LogP contribution in [-0.2, 0) is 0 Å². The summed E-state index contributed by atoms with van der Waals surface area (Å²) in [6.45, 7) is 2.05. The van der Waals surface area contributed by atoms with Crippen molar-refractivity contribution < 1.29 is 4.74 Å². The van der Waals surface area contributed by atoms with E-state index in [4.69, 9.17) is 10.5 Å². The molecule has 0 bridgehead atoms. The first kappa shape index (κ1) is 8.14. The Hall–Kier alpha value is -0.960. The standard InChI is InChI=1S/C8H14N2O/c1-3-6(9)8-7(11-2)4-5-10-8/h4-6,10H,3,9H2,1-2H3/t6-/m0/s1. The predicted molar refractivity (Wildman–Crippen MR) is 44.6 cm³/mol. The van der Waals surface area contributed by atoms with E-state index in [0.717, 1.165) is 17.9 Å². The van der Waals surface area contributed by atoms with E-state index in [9.17, 15) is 0 Å². The number of aromatic nitrogens is 1. The monoisotopic (exact) mass is 154 g/mol. The van der Waals surface area contributed by atoms with Gasteiger partial charge in [0.25, 0.3) is 0 Å². The lowest BCUT2D eigenvalue weighted by Gasteiger charge is -2.08. The third-order valence-electron chi connectivity index (χ3n) is 1.77. The Morgan fingerprint density at radius 1 is 1.73 bits per heavy atom. The highest BCUT2D eigenvalue weighted by Gasteiger charge is 2.09. The average Bonchev–Trinajstić information content (AvgIpc) is 2.50. The summed E-state index contributed by atoms with van der Waals surface area (Å²) >= 11 is 0. The summed E-state index contributed by atoms with van der Waals surface area (Å²) in [6.07, 6.45) is 2.75. The van der Waals surface area contributed by atoms with Crippen LogP contribution in [0.4, 0.5) is 0 Å². The molecule has 1 rings (SSSR count). The maximum Gasteiger partial charge on any atom is 0.141 e. The van der Waals surface area contributed by atoms with Crippen molar-refractivity contribution in [3.63, 3.8) is 0 Å². The van der Waals surface area contributed by atoms with Crippen LogP contribution >= 0.6 is 0 Å². The molecule has 1 atom stereocenters. The largest absolute Gasteiger partial charge is 0.495 e. The van der Waals surface area contributed by atoms with Crippen molar-refractivity contribution in [2.24, 2.45) is 5.73 Å². The lowest BCUT2D eigenvalue weighted by atomic mass is 10.2. The van der Waals surface area contributed by atoms with Gasteiger partial charge in [-0.2, -0.15) is 0 Å². The van der Waals surface area contributed by atoms with E-state index in [1.807, 2.05) is 19.2 Å². The van der Waals surface area contributed by atoms with Crippen LogP contribution in [0.3, 0.4) is 0 Å². The van der Waals surface area contributed by atoms with Crippen molar-refractivity contribution in [1.82, 2.24) is 4.98 Å². The Morgan fingerprint density at radius 2 is 2.45 bits per heavy atom. The van der Waals surface area contributed by atoms with E-state index < -0.39 is 0 Å². The molecular formula is C8H14N2O. The number of hydrogen-bond acceptors (Lipinski definition) is 2. The number of ether oxygens (including phenoxy) is 1. The van der Waals surface area contributed by atoms with Crippen LogP contribution < -0.4 is 10.5 Å². The lowest BCUT2D eigenvalue weighted by molar-refractivity contribution is 0.405. The second-order valence-electron chi connectivity index (χ2n) is 2.47. The van der Waals surface area contributed by atoms with Crippen LogP contribution in [0.25, 0.3) is 0 Å². The molecule has 11 heavy (non-hydrogen) atoms. The lowest BCUT2D eigenvalue weighted by Crippen LogP contribution is -2.09. The van der Waals surface area contributed by atoms with Crippen molar-refractivity contribution >= 4 is 0 Å². The summed E-state index contributed by atoms with van der Waals surface area (Å²) in [5.74, 6) is 0.847. The zero-order valence-electron chi connectivity index (χ0n) is 6.92. The number of H-pyrrole nitrogens is 1. The minimum absolute atomic E-state index is 0.0555. The zero-order valence-corrected chi connectivity index (χ0v) is 6.92.